The predicted molar refractivity (Wildman–Crippen MR) is 89.6 cm³/mol. The Labute approximate surface area is 144 Å². The highest BCUT2D eigenvalue weighted by Gasteiger charge is 2.34. The van der Waals surface area contributed by atoms with E-state index in [4.69, 9.17) is 9.26 Å². The zero-order chi connectivity index (χ0) is 16.4. The second kappa shape index (κ2) is 7.03. The van der Waals surface area contributed by atoms with E-state index in [-0.39, 0.29) is 5.91 Å². The van der Waals surface area contributed by atoms with Crippen LogP contribution in [0.15, 0.2) is 22.0 Å². The maximum atomic E-state index is 12.6. The number of aryl methyl sites for hydroxylation is 1. The molecule has 128 valence electrons. The van der Waals surface area contributed by atoms with Gasteiger partial charge in [-0.2, -0.15) is 4.98 Å². The first-order valence-corrected chi connectivity index (χ1v) is 9.41. The summed E-state index contributed by atoms with van der Waals surface area (Å²) in [7, 11) is 0. The fraction of sp³-hybridized carbons (Fsp3) is 0.588. The minimum absolute atomic E-state index is 0.195. The summed E-state index contributed by atoms with van der Waals surface area (Å²) in [5.41, 5.74) is 0. The second-order valence-corrected chi connectivity index (χ2v) is 7.44. The van der Waals surface area contributed by atoms with Gasteiger partial charge >= 0.3 is 0 Å². The van der Waals surface area contributed by atoms with E-state index in [1.54, 1.807) is 11.3 Å². The van der Waals surface area contributed by atoms with Crippen LogP contribution >= 0.6 is 11.3 Å². The van der Waals surface area contributed by atoms with Gasteiger partial charge < -0.3 is 14.2 Å². The van der Waals surface area contributed by atoms with Gasteiger partial charge in [-0.25, -0.2) is 0 Å². The molecule has 1 amide bonds. The molecule has 6 nitrogen and oxygen atoms in total. The number of rotatable bonds is 7. The summed E-state index contributed by atoms with van der Waals surface area (Å²) in [6.07, 6.45) is 4.24. The van der Waals surface area contributed by atoms with Crippen molar-refractivity contribution in [3.63, 3.8) is 0 Å². The number of hydrogen-bond acceptors (Lipinski definition) is 6. The Morgan fingerprint density at radius 3 is 3.00 bits per heavy atom. The Morgan fingerprint density at radius 1 is 1.38 bits per heavy atom. The van der Waals surface area contributed by atoms with Gasteiger partial charge in [0.25, 0.3) is 0 Å². The van der Waals surface area contributed by atoms with Gasteiger partial charge in [-0.15, -0.1) is 11.3 Å². The molecule has 0 aromatic carbocycles. The summed E-state index contributed by atoms with van der Waals surface area (Å²) in [6, 6.07) is 4.35. The molecule has 2 aliphatic rings. The van der Waals surface area contributed by atoms with Crippen LogP contribution in [0.1, 0.15) is 31.6 Å². The number of ether oxygens (including phenoxy) is 1. The van der Waals surface area contributed by atoms with Crippen molar-refractivity contribution in [1.82, 2.24) is 15.0 Å². The van der Waals surface area contributed by atoms with E-state index in [1.165, 1.54) is 0 Å². The SMILES string of the molecule is O=C(CCc1nc(-c2cccs2)no1)N(CC1CCOC1)C1CC1. The van der Waals surface area contributed by atoms with E-state index in [0.29, 0.717) is 36.5 Å². The van der Waals surface area contributed by atoms with Crippen LogP contribution < -0.4 is 0 Å². The molecule has 0 bridgehead atoms. The average molecular weight is 347 g/mol. The van der Waals surface area contributed by atoms with Gasteiger partial charge in [0, 0.05) is 38.0 Å². The molecular formula is C17H21N3O3S. The molecule has 0 N–H and O–H groups in total. The molecule has 1 aliphatic carbocycles. The first-order chi connectivity index (χ1) is 11.8. The Hall–Kier alpha value is -1.73. The lowest BCUT2D eigenvalue weighted by Crippen LogP contribution is -2.37. The van der Waals surface area contributed by atoms with Crippen molar-refractivity contribution >= 4 is 17.2 Å². The number of aromatic nitrogens is 2. The lowest BCUT2D eigenvalue weighted by Gasteiger charge is -2.25. The summed E-state index contributed by atoms with van der Waals surface area (Å²) in [6.45, 7) is 2.43. The highest BCUT2D eigenvalue weighted by Crippen LogP contribution is 2.30. The minimum atomic E-state index is 0.195. The van der Waals surface area contributed by atoms with E-state index in [1.807, 2.05) is 17.5 Å². The van der Waals surface area contributed by atoms with Crippen LogP contribution in [-0.2, 0) is 16.0 Å². The van der Waals surface area contributed by atoms with Gasteiger partial charge in [0.2, 0.25) is 17.6 Å². The molecule has 0 radical (unpaired) electrons. The first kappa shape index (κ1) is 15.8. The van der Waals surface area contributed by atoms with Crippen LogP contribution in [0, 0.1) is 5.92 Å². The van der Waals surface area contributed by atoms with Crippen molar-refractivity contribution in [3.8, 4) is 10.7 Å². The monoisotopic (exact) mass is 347 g/mol. The van der Waals surface area contributed by atoms with Crippen LogP contribution in [0.5, 0.6) is 0 Å². The molecule has 2 fully saturated rings. The Kier molecular flexibility index (Phi) is 4.62. The zero-order valence-corrected chi connectivity index (χ0v) is 14.3. The Morgan fingerprint density at radius 2 is 2.29 bits per heavy atom. The Bertz CT molecular complexity index is 675. The predicted octanol–water partition coefficient (Wildman–Crippen LogP) is 2.76. The van der Waals surface area contributed by atoms with Gasteiger partial charge in [-0.3, -0.25) is 4.79 Å². The number of thiophene rings is 1. The van der Waals surface area contributed by atoms with Gasteiger partial charge in [-0.1, -0.05) is 11.2 Å². The van der Waals surface area contributed by atoms with Crippen molar-refractivity contribution in [1.29, 1.82) is 0 Å². The second-order valence-electron chi connectivity index (χ2n) is 6.50. The summed E-state index contributed by atoms with van der Waals surface area (Å²) in [5, 5.41) is 5.98. The largest absolute Gasteiger partial charge is 0.381 e. The van der Waals surface area contributed by atoms with Gasteiger partial charge in [0.1, 0.15) is 0 Å². The molecule has 4 rings (SSSR count). The van der Waals surface area contributed by atoms with Crippen molar-refractivity contribution < 1.29 is 14.1 Å². The fourth-order valence-electron chi connectivity index (χ4n) is 3.07. The normalized spacial score (nSPS) is 20.4. The van der Waals surface area contributed by atoms with Crippen LogP contribution in [0.25, 0.3) is 10.7 Å². The lowest BCUT2D eigenvalue weighted by atomic mass is 10.1. The fourth-order valence-corrected chi connectivity index (χ4v) is 3.72. The summed E-state index contributed by atoms with van der Waals surface area (Å²) in [4.78, 5) is 20.0. The number of amides is 1. The molecule has 1 saturated heterocycles. The van der Waals surface area contributed by atoms with Crippen molar-refractivity contribution in [3.05, 3.63) is 23.4 Å². The molecule has 24 heavy (non-hydrogen) atoms. The van der Waals surface area contributed by atoms with Gasteiger partial charge in [0.05, 0.1) is 11.5 Å². The highest BCUT2D eigenvalue weighted by atomic mass is 32.1. The molecule has 1 unspecified atom stereocenters. The van der Waals surface area contributed by atoms with E-state index in [2.05, 4.69) is 15.0 Å². The number of carbonyl (C=O) groups excluding carboxylic acids is 1. The molecule has 1 saturated carbocycles. The molecule has 1 atom stereocenters. The van der Waals surface area contributed by atoms with Crippen LogP contribution in [0.3, 0.4) is 0 Å². The van der Waals surface area contributed by atoms with E-state index < -0.39 is 0 Å². The van der Waals surface area contributed by atoms with Crippen LogP contribution in [0.2, 0.25) is 0 Å². The lowest BCUT2D eigenvalue weighted by molar-refractivity contribution is -0.132. The maximum Gasteiger partial charge on any atom is 0.227 e. The zero-order valence-electron chi connectivity index (χ0n) is 13.5. The third kappa shape index (κ3) is 3.67. The minimum Gasteiger partial charge on any atom is -0.381 e. The number of carbonyl (C=O) groups is 1. The topological polar surface area (TPSA) is 68.5 Å². The molecule has 3 heterocycles. The van der Waals surface area contributed by atoms with E-state index in [9.17, 15) is 4.79 Å². The smallest absolute Gasteiger partial charge is 0.227 e. The first-order valence-electron chi connectivity index (χ1n) is 8.53. The molecule has 2 aromatic heterocycles. The van der Waals surface area contributed by atoms with Gasteiger partial charge in [0.15, 0.2) is 0 Å². The molecule has 7 heteroatoms. The molecular weight excluding hydrogens is 326 g/mol. The van der Waals surface area contributed by atoms with Crippen LogP contribution in [-0.4, -0.2) is 46.7 Å². The maximum absolute atomic E-state index is 12.6. The summed E-state index contributed by atoms with van der Waals surface area (Å²) < 4.78 is 10.7. The van der Waals surface area contributed by atoms with Crippen molar-refractivity contribution in [2.45, 2.75) is 38.1 Å². The number of hydrogen-bond donors (Lipinski definition) is 0. The highest BCUT2D eigenvalue weighted by molar-refractivity contribution is 7.13. The summed E-state index contributed by atoms with van der Waals surface area (Å²) in [5.74, 6) is 1.82. The standard InChI is InChI=1S/C17H21N3O3S/c21-16(20(13-3-4-13)10-12-7-8-22-11-12)6-5-15-18-17(19-23-15)14-2-1-9-24-14/h1-2,9,12-13H,3-8,10-11H2. The molecule has 0 spiro atoms. The molecule has 1 aliphatic heterocycles. The Balaban J connectivity index is 1.33. The van der Waals surface area contributed by atoms with Crippen LogP contribution in [0.4, 0.5) is 0 Å². The number of nitrogens with zero attached hydrogens (tertiary/aromatic N) is 3. The van der Waals surface area contributed by atoms with E-state index in [0.717, 1.165) is 43.9 Å². The average Bonchev–Trinajstić information content (AvgIpc) is 3.06. The van der Waals surface area contributed by atoms with E-state index >= 15 is 0 Å². The summed E-state index contributed by atoms with van der Waals surface area (Å²) >= 11 is 1.58. The van der Waals surface area contributed by atoms with Crippen molar-refractivity contribution in [2.24, 2.45) is 5.92 Å². The third-order valence-electron chi connectivity index (χ3n) is 4.55. The van der Waals surface area contributed by atoms with Crippen molar-refractivity contribution in [2.75, 3.05) is 19.8 Å². The molecule has 2 aromatic rings. The third-order valence-corrected chi connectivity index (χ3v) is 5.42. The van der Waals surface area contributed by atoms with Gasteiger partial charge in [-0.05, 0) is 30.7 Å². The quantitative estimate of drug-likeness (QED) is 0.770.